The van der Waals surface area contributed by atoms with Crippen molar-refractivity contribution in [2.24, 2.45) is 4.99 Å². The van der Waals surface area contributed by atoms with Crippen LogP contribution in [-0.4, -0.2) is 96.5 Å². The third-order valence-electron chi connectivity index (χ3n) is 5.63. The van der Waals surface area contributed by atoms with Crippen molar-refractivity contribution in [1.29, 1.82) is 0 Å². The number of likely N-dealkylation sites (N-methyl/N-ethyl adjacent to an activating group) is 2. The van der Waals surface area contributed by atoms with Crippen LogP contribution in [0.4, 0.5) is 4.79 Å². The number of urea groups is 1. The number of rotatable bonds is 6. The van der Waals surface area contributed by atoms with Crippen molar-refractivity contribution in [3.63, 3.8) is 0 Å². The Morgan fingerprint density at radius 2 is 1.73 bits per heavy atom. The van der Waals surface area contributed by atoms with Gasteiger partial charge in [-0.2, -0.15) is 0 Å². The number of imide groups is 1. The number of guanidine groups is 1. The molecule has 26 heavy (non-hydrogen) atoms. The SMILES string of the molecule is CCCCCCCN1C(N2CCN(C)CC2)=NC2C1C(=O)NC(=O)N2C. The molecular weight excluding hydrogens is 332 g/mol. The third-order valence-corrected chi connectivity index (χ3v) is 5.63. The van der Waals surface area contributed by atoms with E-state index in [2.05, 4.69) is 34.0 Å². The molecule has 2 unspecified atom stereocenters. The lowest BCUT2D eigenvalue weighted by atomic mass is 10.1. The summed E-state index contributed by atoms with van der Waals surface area (Å²) in [5.41, 5.74) is 0. The lowest BCUT2D eigenvalue weighted by Gasteiger charge is -2.39. The highest BCUT2D eigenvalue weighted by molar-refractivity contribution is 6.03. The van der Waals surface area contributed by atoms with Crippen molar-refractivity contribution < 1.29 is 9.59 Å². The zero-order valence-electron chi connectivity index (χ0n) is 16.3. The largest absolute Gasteiger partial charge is 0.340 e. The summed E-state index contributed by atoms with van der Waals surface area (Å²) in [5, 5.41) is 2.48. The number of nitrogens with zero attached hydrogens (tertiary/aromatic N) is 5. The van der Waals surface area contributed by atoms with E-state index in [9.17, 15) is 9.59 Å². The lowest BCUT2D eigenvalue weighted by molar-refractivity contribution is -0.127. The van der Waals surface area contributed by atoms with Gasteiger partial charge in [0.2, 0.25) is 0 Å². The zero-order valence-corrected chi connectivity index (χ0v) is 16.3. The van der Waals surface area contributed by atoms with Gasteiger partial charge in [0.25, 0.3) is 5.91 Å². The van der Waals surface area contributed by atoms with Gasteiger partial charge in [-0.05, 0) is 13.5 Å². The lowest BCUT2D eigenvalue weighted by Crippen LogP contribution is -2.64. The fourth-order valence-electron chi connectivity index (χ4n) is 3.91. The van der Waals surface area contributed by atoms with Crippen LogP contribution in [0.5, 0.6) is 0 Å². The molecule has 8 nitrogen and oxygen atoms in total. The molecule has 8 heteroatoms. The Morgan fingerprint density at radius 3 is 2.42 bits per heavy atom. The van der Waals surface area contributed by atoms with Crippen molar-refractivity contribution in [1.82, 2.24) is 24.9 Å². The van der Waals surface area contributed by atoms with E-state index in [-0.39, 0.29) is 11.9 Å². The number of unbranched alkanes of at least 4 members (excludes halogenated alkanes) is 4. The van der Waals surface area contributed by atoms with E-state index in [0.29, 0.717) is 0 Å². The maximum atomic E-state index is 12.6. The number of amides is 3. The number of carbonyl (C=O) groups is 2. The summed E-state index contributed by atoms with van der Waals surface area (Å²) >= 11 is 0. The minimum absolute atomic E-state index is 0.223. The molecule has 3 aliphatic heterocycles. The monoisotopic (exact) mass is 364 g/mol. The van der Waals surface area contributed by atoms with Gasteiger partial charge in [0, 0.05) is 39.8 Å². The molecule has 0 spiro atoms. The molecule has 3 amide bonds. The number of hydrogen-bond donors (Lipinski definition) is 1. The fraction of sp³-hybridized carbons (Fsp3) is 0.833. The molecule has 0 aromatic heterocycles. The molecule has 1 N–H and O–H groups in total. The van der Waals surface area contributed by atoms with Gasteiger partial charge in [-0.25, -0.2) is 9.79 Å². The van der Waals surface area contributed by atoms with E-state index in [1.54, 1.807) is 11.9 Å². The number of aliphatic imine (C=N–C) groups is 1. The van der Waals surface area contributed by atoms with Crippen LogP contribution >= 0.6 is 0 Å². The molecule has 0 radical (unpaired) electrons. The van der Waals surface area contributed by atoms with Gasteiger partial charge in [-0.3, -0.25) is 10.1 Å². The summed E-state index contributed by atoms with van der Waals surface area (Å²) in [7, 11) is 3.84. The summed E-state index contributed by atoms with van der Waals surface area (Å²) in [4.78, 5) is 37.7. The molecule has 0 aliphatic carbocycles. The van der Waals surface area contributed by atoms with Gasteiger partial charge >= 0.3 is 6.03 Å². The molecule has 3 aliphatic rings. The Morgan fingerprint density at radius 1 is 1.04 bits per heavy atom. The molecule has 2 saturated heterocycles. The second-order valence-corrected chi connectivity index (χ2v) is 7.59. The molecule has 0 saturated carbocycles. The molecular formula is C18H32N6O2. The van der Waals surface area contributed by atoms with Crippen molar-refractivity contribution in [2.75, 3.05) is 46.8 Å². The maximum Gasteiger partial charge on any atom is 0.325 e. The van der Waals surface area contributed by atoms with Gasteiger partial charge < -0.3 is 19.6 Å². The molecule has 3 heterocycles. The molecule has 0 aromatic carbocycles. The first kappa shape index (κ1) is 18.9. The van der Waals surface area contributed by atoms with Crippen LogP contribution in [0.2, 0.25) is 0 Å². The summed E-state index contributed by atoms with van der Waals surface area (Å²) in [6.45, 7) is 6.80. The van der Waals surface area contributed by atoms with Crippen molar-refractivity contribution in [3.8, 4) is 0 Å². The highest BCUT2D eigenvalue weighted by atomic mass is 16.2. The number of hydrogen-bond acceptors (Lipinski definition) is 6. The molecule has 2 fully saturated rings. The summed E-state index contributed by atoms with van der Waals surface area (Å²) in [5.74, 6) is 0.667. The van der Waals surface area contributed by atoms with Crippen molar-refractivity contribution in [2.45, 2.75) is 51.2 Å². The van der Waals surface area contributed by atoms with Gasteiger partial charge in [-0.15, -0.1) is 0 Å². The second kappa shape index (κ2) is 8.24. The second-order valence-electron chi connectivity index (χ2n) is 7.59. The predicted molar refractivity (Wildman–Crippen MR) is 101 cm³/mol. The molecule has 0 aromatic rings. The van der Waals surface area contributed by atoms with Crippen LogP contribution in [0.3, 0.4) is 0 Å². The number of fused-ring (bicyclic) bond motifs is 1. The minimum atomic E-state index is -0.415. The van der Waals surface area contributed by atoms with Crippen LogP contribution in [0, 0.1) is 0 Å². The van der Waals surface area contributed by atoms with Crippen LogP contribution in [0.1, 0.15) is 39.0 Å². The average molecular weight is 364 g/mol. The van der Waals surface area contributed by atoms with E-state index >= 15 is 0 Å². The molecule has 3 rings (SSSR count). The first-order valence-electron chi connectivity index (χ1n) is 9.88. The summed E-state index contributed by atoms with van der Waals surface area (Å²) < 4.78 is 0. The first-order chi connectivity index (χ1) is 12.5. The van der Waals surface area contributed by atoms with E-state index in [4.69, 9.17) is 4.99 Å². The van der Waals surface area contributed by atoms with Crippen LogP contribution in [0.15, 0.2) is 4.99 Å². The fourth-order valence-corrected chi connectivity index (χ4v) is 3.91. The standard InChI is InChI=1S/C18H32N6O2/c1-4-5-6-7-8-9-24-14-15(22(3)18(26)20-16(14)25)19-17(24)23-12-10-21(2)11-13-23/h14-15H,4-13H2,1-3H3,(H,20,25,26). The molecule has 2 atom stereocenters. The molecule has 0 bridgehead atoms. The smallest absolute Gasteiger partial charge is 0.325 e. The average Bonchev–Trinajstić information content (AvgIpc) is 3.00. The first-order valence-corrected chi connectivity index (χ1v) is 9.88. The van der Waals surface area contributed by atoms with E-state index in [0.717, 1.165) is 51.5 Å². The van der Waals surface area contributed by atoms with Crippen molar-refractivity contribution >= 4 is 17.9 Å². The highest BCUT2D eigenvalue weighted by Gasteiger charge is 2.49. The Balaban J connectivity index is 1.74. The minimum Gasteiger partial charge on any atom is -0.340 e. The highest BCUT2D eigenvalue weighted by Crippen LogP contribution is 2.26. The maximum absolute atomic E-state index is 12.6. The van der Waals surface area contributed by atoms with Crippen LogP contribution in [0.25, 0.3) is 0 Å². The van der Waals surface area contributed by atoms with Crippen molar-refractivity contribution in [3.05, 3.63) is 0 Å². The normalized spacial score (nSPS) is 26.9. The number of piperazine rings is 1. The van der Waals surface area contributed by atoms with Gasteiger partial charge in [0.05, 0.1) is 0 Å². The predicted octanol–water partition coefficient (Wildman–Crippen LogP) is 0.752. The summed E-state index contributed by atoms with van der Waals surface area (Å²) in [6.07, 6.45) is 5.49. The Kier molecular flexibility index (Phi) is 6.01. The van der Waals surface area contributed by atoms with E-state index < -0.39 is 12.2 Å². The topological polar surface area (TPSA) is 71.5 Å². The summed E-state index contributed by atoms with van der Waals surface area (Å²) in [6, 6.07) is -0.763. The van der Waals surface area contributed by atoms with E-state index in [1.165, 1.54) is 19.3 Å². The quantitative estimate of drug-likeness (QED) is 0.705. The van der Waals surface area contributed by atoms with Gasteiger partial charge in [0.15, 0.2) is 18.2 Å². The number of nitrogens with one attached hydrogen (secondary N) is 1. The Labute approximate surface area is 156 Å². The van der Waals surface area contributed by atoms with Crippen LogP contribution in [-0.2, 0) is 4.79 Å². The van der Waals surface area contributed by atoms with Crippen LogP contribution < -0.4 is 5.32 Å². The van der Waals surface area contributed by atoms with Gasteiger partial charge in [-0.1, -0.05) is 32.6 Å². The van der Waals surface area contributed by atoms with Gasteiger partial charge in [0.1, 0.15) is 0 Å². The van der Waals surface area contributed by atoms with E-state index in [1.807, 2.05) is 0 Å². The third kappa shape index (κ3) is 3.79. The molecule has 146 valence electrons. The Hall–Kier alpha value is -1.83. The number of carbonyl (C=O) groups excluding carboxylic acids is 2. The zero-order chi connectivity index (χ0) is 18.7. The Bertz CT molecular complexity index is 558.